The van der Waals surface area contributed by atoms with Crippen LogP contribution in [-0.4, -0.2) is 52.1 Å². The Morgan fingerprint density at radius 2 is 1.89 bits per heavy atom. The quantitative estimate of drug-likeness (QED) is 0.600. The van der Waals surface area contributed by atoms with Gasteiger partial charge >= 0.3 is 0 Å². The fourth-order valence-electron chi connectivity index (χ4n) is 5.03. The van der Waals surface area contributed by atoms with Crippen molar-refractivity contribution in [1.82, 2.24) is 14.9 Å². The van der Waals surface area contributed by atoms with Crippen molar-refractivity contribution in [2.75, 3.05) is 36.0 Å². The van der Waals surface area contributed by atoms with Crippen LogP contribution in [0.1, 0.15) is 47.3 Å². The average Bonchev–Trinajstić information content (AvgIpc) is 3.07. The third-order valence-electron chi connectivity index (χ3n) is 6.85. The van der Waals surface area contributed by atoms with Crippen LogP contribution in [-0.2, 0) is 5.54 Å². The smallest absolute Gasteiger partial charge is 0.273 e. The third-order valence-corrected chi connectivity index (χ3v) is 7.08. The van der Waals surface area contributed by atoms with Gasteiger partial charge in [0.25, 0.3) is 5.91 Å². The number of nitriles is 1. The van der Waals surface area contributed by atoms with E-state index in [-0.39, 0.29) is 17.2 Å². The van der Waals surface area contributed by atoms with Crippen molar-refractivity contribution in [2.24, 2.45) is 0 Å². The first-order valence-electron chi connectivity index (χ1n) is 11.4. The maximum absolute atomic E-state index is 12.9. The summed E-state index contributed by atoms with van der Waals surface area (Å²) in [7, 11) is 0. The zero-order chi connectivity index (χ0) is 24.7. The van der Waals surface area contributed by atoms with Crippen LogP contribution in [0.15, 0.2) is 55.0 Å². The zero-order valence-electron chi connectivity index (χ0n) is 19.5. The molecular formula is C26H25ClN6O2. The van der Waals surface area contributed by atoms with Gasteiger partial charge in [0.1, 0.15) is 11.8 Å². The molecule has 1 saturated heterocycles. The predicted molar refractivity (Wildman–Crippen MR) is 133 cm³/mol. The minimum Gasteiger partial charge on any atom is -0.369 e. The molecule has 1 aromatic carbocycles. The molecule has 0 radical (unpaired) electrons. The number of carbonyl (C=O) groups is 1. The highest BCUT2D eigenvalue weighted by Gasteiger charge is 2.44. The normalized spacial score (nSPS) is 18.8. The summed E-state index contributed by atoms with van der Waals surface area (Å²) in [5.41, 5.74) is 3.54. The number of aromatic nitrogens is 2. The lowest BCUT2D eigenvalue weighted by Crippen LogP contribution is -2.49. The van der Waals surface area contributed by atoms with Gasteiger partial charge in [-0.25, -0.2) is 4.98 Å². The van der Waals surface area contributed by atoms with Crippen molar-refractivity contribution in [3.05, 3.63) is 82.4 Å². The van der Waals surface area contributed by atoms with E-state index in [4.69, 9.17) is 11.6 Å². The number of amides is 1. The molecule has 2 aliphatic heterocycles. The molecule has 35 heavy (non-hydrogen) atoms. The third kappa shape index (κ3) is 3.97. The van der Waals surface area contributed by atoms with Gasteiger partial charge in [-0.1, -0.05) is 17.7 Å². The highest BCUT2D eigenvalue weighted by Crippen LogP contribution is 2.48. The monoisotopic (exact) mass is 488 g/mol. The number of hydrogen-bond acceptors (Lipinski definition) is 7. The van der Waals surface area contributed by atoms with Crippen LogP contribution < -0.4 is 9.80 Å². The number of piperazine rings is 1. The maximum Gasteiger partial charge on any atom is 0.273 e. The Balaban J connectivity index is 1.34. The summed E-state index contributed by atoms with van der Waals surface area (Å²) in [6.07, 6.45) is 4.28. The number of anilines is 2. The Morgan fingerprint density at radius 3 is 2.63 bits per heavy atom. The lowest BCUT2D eigenvalue weighted by Gasteiger charge is -2.38. The molecule has 2 aliphatic rings. The summed E-state index contributed by atoms with van der Waals surface area (Å²) in [6, 6.07) is 12.9. The molecule has 0 spiro atoms. The van der Waals surface area contributed by atoms with Gasteiger partial charge in [0.2, 0.25) is 0 Å². The van der Waals surface area contributed by atoms with Crippen molar-refractivity contribution >= 4 is 28.9 Å². The van der Waals surface area contributed by atoms with Crippen LogP contribution in [0.25, 0.3) is 0 Å². The van der Waals surface area contributed by atoms with Crippen molar-refractivity contribution < 1.29 is 9.90 Å². The largest absolute Gasteiger partial charge is 0.369 e. The van der Waals surface area contributed by atoms with Gasteiger partial charge in [-0.2, -0.15) is 5.26 Å². The molecule has 5 rings (SSSR count). The number of benzene rings is 1. The standard InChI is InChI=1S/C26H25ClN6O2/c1-26(2)22-12-18(27)5-6-21(22)24(34)33(26)20-13-19(15-29-16-20)31-8-10-32(11-9-31)25(35)23-17(14-28)4-3-7-30-23/h3-7,12-13,15-16,24,34H,8-11H2,1-2H3. The highest BCUT2D eigenvalue weighted by molar-refractivity contribution is 6.30. The maximum atomic E-state index is 12.9. The van der Waals surface area contributed by atoms with Crippen molar-refractivity contribution in [2.45, 2.75) is 25.6 Å². The number of fused-ring (bicyclic) bond motifs is 1. The second kappa shape index (κ2) is 8.84. The first-order valence-corrected chi connectivity index (χ1v) is 11.8. The van der Waals surface area contributed by atoms with Gasteiger partial charge < -0.3 is 19.8 Å². The topological polar surface area (TPSA) is 96.6 Å². The van der Waals surface area contributed by atoms with Crippen LogP contribution in [0.2, 0.25) is 5.02 Å². The van der Waals surface area contributed by atoms with E-state index in [9.17, 15) is 15.2 Å². The number of nitrogens with zero attached hydrogens (tertiary/aromatic N) is 6. The minimum atomic E-state index is -0.809. The first-order chi connectivity index (χ1) is 16.8. The van der Waals surface area contributed by atoms with Crippen LogP contribution in [0.4, 0.5) is 11.4 Å². The summed E-state index contributed by atoms with van der Waals surface area (Å²) in [6.45, 7) is 6.37. The molecule has 0 saturated carbocycles. The molecule has 9 heteroatoms. The highest BCUT2D eigenvalue weighted by atomic mass is 35.5. The SMILES string of the molecule is CC1(C)c2cc(Cl)ccc2C(O)N1c1cncc(N2CCN(C(=O)c3ncccc3C#N)CC2)c1. The number of aliphatic hydroxyl groups excluding tert-OH is 1. The summed E-state index contributed by atoms with van der Waals surface area (Å²) in [5, 5.41) is 21.1. The zero-order valence-corrected chi connectivity index (χ0v) is 20.3. The van der Waals surface area contributed by atoms with Gasteiger partial charge in [0.05, 0.1) is 34.9 Å². The fraction of sp³-hybridized carbons (Fsp3) is 0.308. The number of carbonyl (C=O) groups excluding carboxylic acids is 1. The van der Waals surface area contributed by atoms with Crippen molar-refractivity contribution in [1.29, 1.82) is 5.26 Å². The Morgan fingerprint density at radius 1 is 1.14 bits per heavy atom. The van der Waals surface area contributed by atoms with E-state index in [0.717, 1.165) is 22.5 Å². The van der Waals surface area contributed by atoms with E-state index in [1.807, 2.05) is 29.2 Å². The first kappa shape index (κ1) is 23.1. The van der Waals surface area contributed by atoms with E-state index >= 15 is 0 Å². The molecule has 0 bridgehead atoms. The van der Waals surface area contributed by atoms with Crippen LogP contribution in [0.3, 0.4) is 0 Å². The van der Waals surface area contributed by atoms with Crippen molar-refractivity contribution in [3.8, 4) is 6.07 Å². The molecule has 1 unspecified atom stereocenters. The van der Waals surface area contributed by atoms with E-state index < -0.39 is 11.8 Å². The second-order valence-corrected chi connectivity index (χ2v) is 9.66. The van der Waals surface area contributed by atoms with Crippen molar-refractivity contribution in [3.63, 3.8) is 0 Å². The minimum absolute atomic E-state index is 0.192. The molecule has 2 aromatic heterocycles. The number of hydrogen-bond donors (Lipinski definition) is 1. The number of rotatable bonds is 3. The van der Waals surface area contributed by atoms with Gasteiger partial charge in [-0.05, 0) is 49.7 Å². The van der Waals surface area contributed by atoms with Gasteiger partial charge in [-0.3, -0.25) is 9.78 Å². The van der Waals surface area contributed by atoms with Gasteiger partial charge in [0, 0.05) is 43.0 Å². The molecule has 1 amide bonds. The Bertz CT molecular complexity index is 1330. The number of halogens is 1. The lowest BCUT2D eigenvalue weighted by atomic mass is 9.93. The van der Waals surface area contributed by atoms with Gasteiger partial charge in [-0.15, -0.1) is 0 Å². The number of aliphatic hydroxyl groups is 1. The molecule has 8 nitrogen and oxygen atoms in total. The summed E-state index contributed by atoms with van der Waals surface area (Å²) < 4.78 is 0. The van der Waals surface area contributed by atoms with E-state index in [1.54, 1.807) is 35.5 Å². The molecule has 3 aromatic rings. The molecule has 1 atom stereocenters. The molecular weight excluding hydrogens is 464 g/mol. The van der Waals surface area contributed by atoms with Crippen LogP contribution in [0.5, 0.6) is 0 Å². The molecule has 0 aliphatic carbocycles. The van der Waals surface area contributed by atoms with E-state index in [1.165, 1.54) is 6.20 Å². The Kier molecular flexibility index (Phi) is 5.83. The molecule has 4 heterocycles. The van der Waals surface area contributed by atoms with E-state index in [2.05, 4.69) is 28.7 Å². The fourth-order valence-corrected chi connectivity index (χ4v) is 5.20. The lowest BCUT2D eigenvalue weighted by molar-refractivity contribution is 0.0740. The summed E-state index contributed by atoms with van der Waals surface area (Å²) >= 11 is 6.24. The molecule has 1 N–H and O–H groups in total. The Hall–Kier alpha value is -3.67. The molecule has 178 valence electrons. The van der Waals surface area contributed by atoms with Gasteiger partial charge in [0.15, 0.2) is 6.23 Å². The molecule has 1 fully saturated rings. The van der Waals surface area contributed by atoms with E-state index in [0.29, 0.717) is 31.2 Å². The predicted octanol–water partition coefficient (Wildman–Crippen LogP) is 3.71. The van der Waals surface area contributed by atoms with Crippen LogP contribution >= 0.6 is 11.6 Å². The van der Waals surface area contributed by atoms with Crippen LogP contribution in [0, 0.1) is 11.3 Å². The Labute approximate surface area is 209 Å². The summed E-state index contributed by atoms with van der Waals surface area (Å²) in [4.78, 5) is 27.4. The second-order valence-electron chi connectivity index (χ2n) is 9.23. The number of pyridine rings is 2. The summed E-state index contributed by atoms with van der Waals surface area (Å²) in [5.74, 6) is -0.230. The average molecular weight is 489 g/mol.